The Morgan fingerprint density at radius 3 is 2.62 bits per heavy atom. The molecule has 1 saturated carbocycles. The van der Waals surface area contributed by atoms with E-state index in [2.05, 4.69) is 31.0 Å². The predicted octanol–water partition coefficient (Wildman–Crippen LogP) is 3.03. The van der Waals surface area contributed by atoms with Gasteiger partial charge in [0.2, 0.25) is 5.88 Å². The Kier molecular flexibility index (Phi) is 8.47. The second-order valence-corrected chi connectivity index (χ2v) is 12.2. The van der Waals surface area contributed by atoms with Gasteiger partial charge in [0.25, 0.3) is 0 Å². The van der Waals surface area contributed by atoms with Gasteiger partial charge in [0.15, 0.2) is 6.29 Å². The van der Waals surface area contributed by atoms with E-state index in [1.807, 2.05) is 4.90 Å². The number of β-amino-alcohol motifs (C(OH)–C–C–N with tert-alkyl or cyclic N) is 1. The first kappa shape index (κ1) is 30.9. The van der Waals surface area contributed by atoms with Gasteiger partial charge in [0, 0.05) is 56.6 Å². The molecule has 3 aliphatic rings. The number of halogens is 3. The van der Waals surface area contributed by atoms with E-state index in [1.54, 1.807) is 23.1 Å². The Morgan fingerprint density at radius 1 is 1.18 bits per heavy atom. The van der Waals surface area contributed by atoms with Crippen LogP contribution in [0.3, 0.4) is 0 Å². The number of ether oxygens (including phenoxy) is 1. The van der Waals surface area contributed by atoms with Crippen LogP contribution in [-0.2, 0) is 18.3 Å². The fraction of sp³-hybridized carbons (Fsp3) is 0.533. The number of nitrogen functional groups attached to an aromatic ring is 1. The van der Waals surface area contributed by atoms with Crippen LogP contribution in [0.2, 0.25) is 0 Å². The zero-order valence-corrected chi connectivity index (χ0v) is 24.5. The van der Waals surface area contributed by atoms with Gasteiger partial charge in [-0.05, 0) is 43.7 Å². The van der Waals surface area contributed by atoms with Crippen LogP contribution < -0.4 is 10.5 Å². The van der Waals surface area contributed by atoms with E-state index < -0.39 is 23.5 Å². The number of pyridine rings is 1. The monoisotopic (exact) mass is 625 g/mol. The number of nitriles is 1. The van der Waals surface area contributed by atoms with Crippen LogP contribution in [0.4, 0.5) is 19.0 Å². The average Bonchev–Trinajstić information content (AvgIpc) is 3.64. The van der Waals surface area contributed by atoms with Crippen molar-refractivity contribution in [1.29, 1.82) is 5.26 Å². The summed E-state index contributed by atoms with van der Waals surface area (Å²) in [4.78, 5) is 27.7. The molecule has 0 spiro atoms. The number of carbonyl (C=O) groups is 1. The quantitative estimate of drug-likeness (QED) is 0.337. The van der Waals surface area contributed by atoms with E-state index in [4.69, 9.17) is 10.5 Å². The molecule has 1 aliphatic carbocycles. The van der Waals surface area contributed by atoms with Crippen molar-refractivity contribution in [3.63, 3.8) is 0 Å². The minimum absolute atomic E-state index is 0.0299. The Morgan fingerprint density at radius 2 is 1.96 bits per heavy atom. The minimum atomic E-state index is -4.60. The molecule has 15 heteroatoms. The Bertz CT molecular complexity index is 1580. The van der Waals surface area contributed by atoms with E-state index in [1.165, 1.54) is 6.33 Å². The molecular weight excluding hydrogens is 591 g/mol. The van der Waals surface area contributed by atoms with E-state index in [-0.39, 0.29) is 42.4 Å². The Balaban J connectivity index is 1.08. The summed E-state index contributed by atoms with van der Waals surface area (Å²) >= 11 is 0. The molecule has 2 aliphatic heterocycles. The summed E-state index contributed by atoms with van der Waals surface area (Å²) in [5.74, 6) is 0.0497. The Hall–Kier alpha value is -4.13. The average molecular weight is 626 g/mol. The first-order chi connectivity index (χ1) is 21.6. The highest BCUT2D eigenvalue weighted by atomic mass is 19.4. The smallest absolute Gasteiger partial charge is 0.433 e. The van der Waals surface area contributed by atoms with Crippen molar-refractivity contribution < 1.29 is 27.8 Å². The van der Waals surface area contributed by atoms with Crippen molar-refractivity contribution in [3.8, 4) is 23.2 Å². The molecule has 0 radical (unpaired) electrons. The predicted molar refractivity (Wildman–Crippen MR) is 155 cm³/mol. The maximum atomic E-state index is 13.6. The molecule has 0 bridgehead atoms. The number of anilines is 1. The summed E-state index contributed by atoms with van der Waals surface area (Å²) in [5.41, 5.74) is 5.94. The third-order valence-corrected chi connectivity index (χ3v) is 9.03. The lowest BCUT2D eigenvalue weighted by Crippen LogP contribution is -2.65. The maximum absolute atomic E-state index is 13.6. The van der Waals surface area contributed by atoms with Gasteiger partial charge in [-0.15, -0.1) is 0 Å². The van der Waals surface area contributed by atoms with Crippen molar-refractivity contribution in [2.24, 2.45) is 0 Å². The second-order valence-electron chi connectivity index (χ2n) is 12.2. The van der Waals surface area contributed by atoms with Crippen molar-refractivity contribution in [2.45, 2.75) is 75.0 Å². The van der Waals surface area contributed by atoms with E-state index >= 15 is 0 Å². The zero-order valence-electron chi connectivity index (χ0n) is 24.5. The van der Waals surface area contributed by atoms with Gasteiger partial charge in [-0.2, -0.15) is 23.5 Å². The molecule has 3 aromatic rings. The molecule has 0 unspecified atom stereocenters. The third-order valence-electron chi connectivity index (χ3n) is 9.03. The van der Waals surface area contributed by atoms with Crippen LogP contribution in [-0.4, -0.2) is 90.4 Å². The number of aliphatic hydroxyl groups excluding tert-OH is 1. The van der Waals surface area contributed by atoms with Gasteiger partial charge >= 0.3 is 6.18 Å². The lowest BCUT2D eigenvalue weighted by atomic mass is 9.82. The molecule has 1 atom stereocenters. The van der Waals surface area contributed by atoms with E-state index in [0.29, 0.717) is 68.5 Å². The first-order valence-corrected chi connectivity index (χ1v) is 14.9. The number of aldehydes is 1. The summed E-state index contributed by atoms with van der Waals surface area (Å²) < 4.78 is 48.7. The maximum Gasteiger partial charge on any atom is 0.433 e. The number of alkyl halides is 3. The molecular formula is C30H34F3N9O3. The van der Waals surface area contributed by atoms with Gasteiger partial charge in [-0.3, -0.25) is 19.3 Å². The highest BCUT2D eigenvalue weighted by molar-refractivity contribution is 5.90. The largest absolute Gasteiger partial charge is 0.474 e. The summed E-state index contributed by atoms with van der Waals surface area (Å²) in [5, 5.41) is 23.9. The number of hydrogen-bond acceptors (Lipinski definition) is 11. The van der Waals surface area contributed by atoms with Crippen LogP contribution in [0.1, 0.15) is 60.1 Å². The van der Waals surface area contributed by atoms with Gasteiger partial charge in [0.1, 0.15) is 29.5 Å². The van der Waals surface area contributed by atoms with Crippen molar-refractivity contribution in [1.82, 2.24) is 34.5 Å². The molecule has 2 saturated heterocycles. The normalized spacial score (nSPS) is 23.8. The lowest BCUT2D eigenvalue weighted by Gasteiger charge is -2.53. The third kappa shape index (κ3) is 6.49. The standard InChI is InChI=1S/C30H34F3N9O3/c31-30(32,33)25-9-19(12-40-8-5-22(44)14-40)10-26(39-25)45-23-3-1-21(2-4-23)41-16-29(17-41,6-7-34)42-13-20(11-38-42)27-24(15-43)28(35)37-18-36-27/h9-11,13,15,18,21-23,44H,1-6,8,12,14,16-17H2,(H2,35,36,37)/t21?,22-,23?/m1/s1. The molecule has 45 heavy (non-hydrogen) atoms. The van der Waals surface area contributed by atoms with Gasteiger partial charge in [-0.1, -0.05) is 0 Å². The van der Waals surface area contributed by atoms with Crippen molar-refractivity contribution >= 4 is 12.1 Å². The zero-order chi connectivity index (χ0) is 31.8. The number of rotatable bonds is 9. The summed E-state index contributed by atoms with van der Waals surface area (Å²) in [6, 6.07) is 5.15. The molecule has 0 amide bonds. The molecule has 3 fully saturated rings. The molecule has 3 N–H and O–H groups in total. The Labute approximate surface area is 257 Å². The van der Waals surface area contributed by atoms with Crippen LogP contribution in [0.15, 0.2) is 30.9 Å². The lowest BCUT2D eigenvalue weighted by molar-refractivity contribution is -0.141. The van der Waals surface area contributed by atoms with E-state index in [9.17, 15) is 28.3 Å². The summed E-state index contributed by atoms with van der Waals surface area (Å²) in [6.07, 6.45) is 3.69. The highest BCUT2D eigenvalue weighted by Crippen LogP contribution is 2.39. The van der Waals surface area contributed by atoms with Crippen LogP contribution in [0.5, 0.6) is 5.88 Å². The fourth-order valence-electron chi connectivity index (χ4n) is 6.68. The molecule has 0 aromatic carbocycles. The number of carbonyl (C=O) groups excluding carboxylic acids is 1. The van der Waals surface area contributed by atoms with Crippen LogP contribution in [0.25, 0.3) is 11.3 Å². The number of aromatic nitrogens is 5. The minimum Gasteiger partial charge on any atom is -0.474 e. The number of nitrogens with zero attached hydrogens (tertiary/aromatic N) is 8. The SMILES string of the molecule is N#CCC1(n2cc(-c3ncnc(N)c3C=O)cn2)CN(C2CCC(Oc3cc(CN4CC[C@@H](O)C4)cc(C(F)(F)F)n3)CC2)C1. The van der Waals surface area contributed by atoms with Crippen molar-refractivity contribution in [2.75, 3.05) is 31.9 Å². The topological polar surface area (TPSA) is 159 Å². The van der Waals surface area contributed by atoms with Crippen LogP contribution >= 0.6 is 0 Å². The highest BCUT2D eigenvalue weighted by Gasteiger charge is 2.48. The fourth-order valence-corrected chi connectivity index (χ4v) is 6.68. The number of aliphatic hydroxyl groups is 1. The molecule has 12 nitrogen and oxygen atoms in total. The van der Waals surface area contributed by atoms with Crippen molar-refractivity contribution in [3.05, 3.63) is 47.7 Å². The second kappa shape index (κ2) is 12.3. The van der Waals surface area contributed by atoms with Gasteiger partial charge in [0.05, 0.1) is 36.0 Å². The van der Waals surface area contributed by atoms with Crippen LogP contribution in [0, 0.1) is 11.3 Å². The summed E-state index contributed by atoms with van der Waals surface area (Å²) in [6.45, 7) is 2.54. The van der Waals surface area contributed by atoms with Gasteiger partial charge < -0.3 is 15.6 Å². The molecule has 3 aromatic heterocycles. The van der Waals surface area contributed by atoms with E-state index in [0.717, 1.165) is 18.9 Å². The molecule has 238 valence electrons. The number of likely N-dealkylation sites (tertiary alicyclic amines) is 2. The van der Waals surface area contributed by atoms with Gasteiger partial charge in [-0.25, -0.2) is 15.0 Å². The molecule has 6 rings (SSSR count). The summed E-state index contributed by atoms with van der Waals surface area (Å²) in [7, 11) is 0. The number of hydrogen-bond donors (Lipinski definition) is 2. The number of nitrogens with two attached hydrogens (primary N) is 1. The molecule has 5 heterocycles. The first-order valence-electron chi connectivity index (χ1n) is 14.9.